The lowest BCUT2D eigenvalue weighted by molar-refractivity contribution is 0.0974. The first-order chi connectivity index (χ1) is 5.83. The molecule has 0 spiro atoms. The molecule has 2 nitrogen and oxygen atoms in total. The summed E-state index contributed by atoms with van der Waals surface area (Å²) in [6, 6.07) is 1.54. The van der Waals surface area contributed by atoms with E-state index in [1.165, 1.54) is 32.5 Å². The first kappa shape index (κ1) is 10.0. The largest absolute Gasteiger partial charge is 0.314 e. The highest BCUT2D eigenvalue weighted by Gasteiger charge is 2.26. The van der Waals surface area contributed by atoms with Gasteiger partial charge in [0.1, 0.15) is 0 Å². The highest BCUT2D eigenvalue weighted by atomic mass is 15.2. The fourth-order valence-electron chi connectivity index (χ4n) is 2.22. The van der Waals surface area contributed by atoms with Crippen molar-refractivity contribution in [1.29, 1.82) is 0 Å². The Morgan fingerprint density at radius 3 is 1.92 bits per heavy atom. The highest BCUT2D eigenvalue weighted by Crippen LogP contribution is 2.14. The van der Waals surface area contributed by atoms with E-state index in [2.05, 4.69) is 31.0 Å². The van der Waals surface area contributed by atoms with Crippen LogP contribution in [0.1, 0.15) is 33.6 Å². The average molecular weight is 170 g/mol. The van der Waals surface area contributed by atoms with Crippen molar-refractivity contribution < 1.29 is 0 Å². The molecule has 0 aromatic rings. The molecule has 1 N–H and O–H groups in total. The summed E-state index contributed by atoms with van der Waals surface area (Å²) in [6.07, 6.45) is 2.55. The van der Waals surface area contributed by atoms with E-state index in [4.69, 9.17) is 0 Å². The monoisotopic (exact) mass is 170 g/mol. The minimum Gasteiger partial charge on any atom is -0.314 e. The molecule has 2 atom stereocenters. The predicted molar refractivity (Wildman–Crippen MR) is 53.4 cm³/mol. The van der Waals surface area contributed by atoms with Gasteiger partial charge in [-0.15, -0.1) is 0 Å². The van der Waals surface area contributed by atoms with E-state index < -0.39 is 0 Å². The van der Waals surface area contributed by atoms with Crippen molar-refractivity contribution in [3.05, 3.63) is 0 Å². The lowest BCUT2D eigenvalue weighted by Crippen LogP contribution is -2.56. The van der Waals surface area contributed by atoms with E-state index in [1.807, 2.05) is 0 Å². The Labute approximate surface area is 76.3 Å². The molecule has 1 saturated heterocycles. The lowest BCUT2D eigenvalue weighted by atomic mass is 10.0. The van der Waals surface area contributed by atoms with E-state index in [0.29, 0.717) is 0 Å². The van der Waals surface area contributed by atoms with Crippen LogP contribution >= 0.6 is 0 Å². The number of nitrogens with one attached hydrogen (secondary N) is 1. The quantitative estimate of drug-likeness (QED) is 0.690. The number of rotatable bonds is 3. The van der Waals surface area contributed by atoms with Crippen molar-refractivity contribution in [1.82, 2.24) is 10.2 Å². The second kappa shape index (κ2) is 4.83. The number of hydrogen-bond donors (Lipinski definition) is 1. The van der Waals surface area contributed by atoms with Gasteiger partial charge in [-0.25, -0.2) is 0 Å². The van der Waals surface area contributed by atoms with Gasteiger partial charge in [0, 0.05) is 25.2 Å². The third-order valence-electron chi connectivity index (χ3n) is 3.01. The van der Waals surface area contributed by atoms with Crippen molar-refractivity contribution in [2.24, 2.45) is 0 Å². The van der Waals surface area contributed by atoms with E-state index in [0.717, 1.165) is 12.1 Å². The zero-order chi connectivity index (χ0) is 8.97. The van der Waals surface area contributed by atoms with Crippen molar-refractivity contribution >= 4 is 0 Å². The average Bonchev–Trinajstić information content (AvgIpc) is 2.16. The number of hydrogen-bond acceptors (Lipinski definition) is 2. The predicted octanol–water partition coefficient (Wildman–Crippen LogP) is 1.47. The summed E-state index contributed by atoms with van der Waals surface area (Å²) in [5.41, 5.74) is 0. The van der Waals surface area contributed by atoms with Crippen LogP contribution in [0.4, 0.5) is 0 Å². The number of nitrogens with zero attached hydrogens (tertiary/aromatic N) is 1. The fraction of sp³-hybridized carbons (Fsp3) is 1.00. The minimum absolute atomic E-state index is 0.772. The Hall–Kier alpha value is -0.0800. The standard InChI is InChI=1S/C10H22N2/c1-4-9-7-11-8-10(5-2)12(9)6-3/h9-11H,4-8H2,1-3H3. The molecule has 1 aliphatic rings. The highest BCUT2D eigenvalue weighted by molar-refractivity contribution is 4.85. The fourth-order valence-corrected chi connectivity index (χ4v) is 2.22. The SMILES string of the molecule is CCC1CNCC(CC)N1CC. The van der Waals surface area contributed by atoms with Gasteiger partial charge in [0.15, 0.2) is 0 Å². The van der Waals surface area contributed by atoms with E-state index in [9.17, 15) is 0 Å². The number of likely N-dealkylation sites (N-methyl/N-ethyl adjacent to an activating group) is 1. The normalized spacial score (nSPS) is 32.2. The van der Waals surface area contributed by atoms with Crippen molar-refractivity contribution in [2.75, 3.05) is 19.6 Å². The molecular weight excluding hydrogens is 148 g/mol. The first-order valence-electron chi connectivity index (χ1n) is 5.29. The molecule has 0 aliphatic carbocycles. The first-order valence-corrected chi connectivity index (χ1v) is 5.29. The zero-order valence-electron chi connectivity index (χ0n) is 8.64. The topological polar surface area (TPSA) is 15.3 Å². The third-order valence-corrected chi connectivity index (χ3v) is 3.01. The molecular formula is C10H22N2. The van der Waals surface area contributed by atoms with Crippen LogP contribution in [0.3, 0.4) is 0 Å². The van der Waals surface area contributed by atoms with Crippen molar-refractivity contribution in [3.63, 3.8) is 0 Å². The van der Waals surface area contributed by atoms with E-state index in [1.54, 1.807) is 0 Å². The van der Waals surface area contributed by atoms with Crippen LogP contribution in [0.2, 0.25) is 0 Å². The Morgan fingerprint density at radius 1 is 1.08 bits per heavy atom. The maximum Gasteiger partial charge on any atom is 0.0221 e. The maximum atomic E-state index is 3.51. The summed E-state index contributed by atoms with van der Waals surface area (Å²) in [7, 11) is 0. The molecule has 0 radical (unpaired) electrons. The second-order valence-corrected chi connectivity index (χ2v) is 3.61. The van der Waals surface area contributed by atoms with E-state index >= 15 is 0 Å². The van der Waals surface area contributed by atoms with Crippen LogP contribution in [0, 0.1) is 0 Å². The summed E-state index contributed by atoms with van der Waals surface area (Å²) >= 11 is 0. The third kappa shape index (κ3) is 1.99. The van der Waals surface area contributed by atoms with Gasteiger partial charge in [0.05, 0.1) is 0 Å². The minimum atomic E-state index is 0.772. The molecule has 0 aromatic heterocycles. The molecule has 1 rings (SSSR count). The van der Waals surface area contributed by atoms with Crippen LogP contribution in [-0.4, -0.2) is 36.6 Å². The van der Waals surface area contributed by atoms with E-state index in [-0.39, 0.29) is 0 Å². The molecule has 1 aliphatic heterocycles. The molecule has 0 amide bonds. The Balaban J connectivity index is 2.52. The molecule has 0 aromatic carbocycles. The molecule has 2 unspecified atom stereocenters. The van der Waals surface area contributed by atoms with Gasteiger partial charge < -0.3 is 5.32 Å². The molecule has 1 fully saturated rings. The molecule has 1 heterocycles. The summed E-state index contributed by atoms with van der Waals surface area (Å²) in [5, 5.41) is 3.51. The Kier molecular flexibility index (Phi) is 4.02. The van der Waals surface area contributed by atoms with Crippen LogP contribution in [0.5, 0.6) is 0 Å². The van der Waals surface area contributed by atoms with Gasteiger partial charge in [-0.2, -0.15) is 0 Å². The van der Waals surface area contributed by atoms with Crippen molar-refractivity contribution in [3.8, 4) is 0 Å². The maximum absolute atomic E-state index is 3.51. The smallest absolute Gasteiger partial charge is 0.0221 e. The van der Waals surface area contributed by atoms with Crippen LogP contribution in [0.25, 0.3) is 0 Å². The second-order valence-electron chi connectivity index (χ2n) is 3.61. The summed E-state index contributed by atoms with van der Waals surface area (Å²) in [4.78, 5) is 2.65. The molecule has 12 heavy (non-hydrogen) atoms. The van der Waals surface area contributed by atoms with Gasteiger partial charge in [-0.05, 0) is 19.4 Å². The Morgan fingerprint density at radius 2 is 1.58 bits per heavy atom. The zero-order valence-corrected chi connectivity index (χ0v) is 8.64. The molecule has 0 bridgehead atoms. The van der Waals surface area contributed by atoms with Crippen LogP contribution in [-0.2, 0) is 0 Å². The van der Waals surface area contributed by atoms with Crippen LogP contribution in [0.15, 0.2) is 0 Å². The Bertz CT molecular complexity index is 113. The molecule has 2 heteroatoms. The number of piperazine rings is 1. The molecule has 0 saturated carbocycles. The van der Waals surface area contributed by atoms with Gasteiger partial charge in [0.25, 0.3) is 0 Å². The van der Waals surface area contributed by atoms with Gasteiger partial charge in [-0.3, -0.25) is 4.90 Å². The van der Waals surface area contributed by atoms with Crippen molar-refractivity contribution in [2.45, 2.75) is 45.7 Å². The van der Waals surface area contributed by atoms with Gasteiger partial charge in [-0.1, -0.05) is 20.8 Å². The lowest BCUT2D eigenvalue weighted by Gasteiger charge is -2.41. The van der Waals surface area contributed by atoms with Gasteiger partial charge >= 0.3 is 0 Å². The molecule has 72 valence electrons. The summed E-state index contributed by atoms with van der Waals surface area (Å²) in [6.45, 7) is 10.4. The van der Waals surface area contributed by atoms with Gasteiger partial charge in [0.2, 0.25) is 0 Å². The summed E-state index contributed by atoms with van der Waals surface area (Å²) < 4.78 is 0. The van der Waals surface area contributed by atoms with Crippen LogP contribution < -0.4 is 5.32 Å². The summed E-state index contributed by atoms with van der Waals surface area (Å²) in [5.74, 6) is 0.